The number of carbonyl (C=O) groups is 1. The van der Waals surface area contributed by atoms with E-state index in [1.165, 1.54) is 43.8 Å². The van der Waals surface area contributed by atoms with E-state index in [1.54, 1.807) is 11.6 Å². The van der Waals surface area contributed by atoms with Gasteiger partial charge in [0.05, 0.1) is 6.42 Å². The summed E-state index contributed by atoms with van der Waals surface area (Å²) in [6.45, 7) is 21.9. The van der Waals surface area contributed by atoms with Gasteiger partial charge in [-0.3, -0.25) is 4.79 Å². The fraction of sp³-hybridized carbons (Fsp3) is 0.818. The molecule has 0 spiro atoms. The summed E-state index contributed by atoms with van der Waals surface area (Å²) in [5.41, 5.74) is 4.68. The Morgan fingerprint density at radius 1 is 1.10 bits per heavy atom. The van der Waals surface area contributed by atoms with Gasteiger partial charge in [0.15, 0.2) is 16.6 Å². The van der Waals surface area contributed by atoms with E-state index in [9.17, 15) is 4.79 Å². The highest BCUT2D eigenvalue weighted by atomic mass is 28.4. The average molecular weight is 579 g/mol. The van der Waals surface area contributed by atoms with E-state index in [4.69, 9.17) is 14.0 Å². The lowest BCUT2D eigenvalue weighted by atomic mass is 9.85. The Morgan fingerprint density at radius 2 is 1.77 bits per heavy atom. The van der Waals surface area contributed by atoms with Crippen molar-refractivity contribution in [1.82, 2.24) is 0 Å². The molecule has 226 valence electrons. The second-order valence-corrected chi connectivity index (χ2v) is 22.8. The van der Waals surface area contributed by atoms with Crippen LogP contribution in [0.2, 0.25) is 36.3 Å². The predicted molar refractivity (Wildman–Crippen MR) is 172 cm³/mol. The van der Waals surface area contributed by atoms with Crippen LogP contribution in [-0.2, 0) is 13.6 Å². The van der Waals surface area contributed by atoms with Gasteiger partial charge in [-0.25, -0.2) is 0 Å². The van der Waals surface area contributed by atoms with Gasteiger partial charge in [0.1, 0.15) is 0 Å². The molecule has 0 bridgehead atoms. The van der Waals surface area contributed by atoms with Gasteiger partial charge in [-0.1, -0.05) is 79.4 Å². The average Bonchev–Trinajstić information content (AvgIpc) is 3.26. The summed E-state index contributed by atoms with van der Waals surface area (Å²) >= 11 is 0. The van der Waals surface area contributed by atoms with Crippen LogP contribution in [0.3, 0.4) is 0 Å². The third kappa shape index (κ3) is 12.6. The largest absolute Gasteiger partial charge is 0.481 e. The zero-order valence-corrected chi connectivity index (χ0v) is 29.0. The van der Waals surface area contributed by atoms with Crippen LogP contribution in [0.15, 0.2) is 29.5 Å². The lowest BCUT2D eigenvalue weighted by molar-refractivity contribution is -0.136. The predicted octanol–water partition coefficient (Wildman–Crippen LogP) is 10.3. The Balaban J connectivity index is 2.98. The van der Waals surface area contributed by atoms with Crippen molar-refractivity contribution < 1.29 is 18.8 Å². The molecule has 0 aliphatic heterocycles. The van der Waals surface area contributed by atoms with Crippen LogP contribution in [0, 0.1) is 11.8 Å². The highest BCUT2D eigenvalue weighted by molar-refractivity contribution is 6.74. The SMILES string of the molecule is CCCCC[C@@H](CCC1=CC[C@H](CO[Si](CC)(CC)CC)[C@H]1CCC=C=CCC(=O)O)O[Si](C)(C)C(C)(C)C. The van der Waals surface area contributed by atoms with E-state index < -0.39 is 22.6 Å². The topological polar surface area (TPSA) is 55.8 Å². The van der Waals surface area contributed by atoms with Gasteiger partial charge < -0.3 is 14.0 Å². The maximum absolute atomic E-state index is 10.8. The minimum absolute atomic E-state index is 0.0347. The maximum atomic E-state index is 10.8. The summed E-state index contributed by atoms with van der Waals surface area (Å²) in [7, 11) is -3.43. The summed E-state index contributed by atoms with van der Waals surface area (Å²) in [5, 5.41) is 9.10. The van der Waals surface area contributed by atoms with Crippen molar-refractivity contribution in [2.45, 2.75) is 155 Å². The van der Waals surface area contributed by atoms with Gasteiger partial charge >= 0.3 is 5.97 Å². The number of carboxylic acid groups (broad SMARTS) is 1. The van der Waals surface area contributed by atoms with Crippen LogP contribution in [0.4, 0.5) is 0 Å². The van der Waals surface area contributed by atoms with Crippen molar-refractivity contribution in [3.05, 3.63) is 29.5 Å². The molecule has 1 rings (SSSR count). The molecule has 0 unspecified atom stereocenters. The normalized spacial score (nSPS) is 18.9. The fourth-order valence-corrected chi connectivity index (χ4v) is 9.64. The van der Waals surface area contributed by atoms with E-state index in [-0.39, 0.29) is 11.5 Å². The number of unbranched alkanes of at least 4 members (excludes halogenated alkanes) is 2. The van der Waals surface area contributed by atoms with Gasteiger partial charge in [-0.2, -0.15) is 0 Å². The number of rotatable bonds is 20. The van der Waals surface area contributed by atoms with Gasteiger partial charge in [0.25, 0.3) is 0 Å². The second-order valence-electron chi connectivity index (χ2n) is 13.2. The number of carboxylic acids is 1. The van der Waals surface area contributed by atoms with Crippen LogP contribution in [0.25, 0.3) is 0 Å². The minimum atomic E-state index is -1.82. The Hall–Kier alpha value is -0.916. The lowest BCUT2D eigenvalue weighted by Crippen LogP contribution is -2.44. The van der Waals surface area contributed by atoms with Crippen molar-refractivity contribution in [3.8, 4) is 0 Å². The van der Waals surface area contributed by atoms with Gasteiger partial charge in [-0.05, 0) is 98.8 Å². The summed E-state index contributed by atoms with van der Waals surface area (Å²) in [5.74, 6) is 0.273. The van der Waals surface area contributed by atoms with Crippen LogP contribution < -0.4 is 0 Å². The van der Waals surface area contributed by atoms with Crippen LogP contribution in [-0.4, -0.2) is 40.4 Å². The van der Waals surface area contributed by atoms with Gasteiger partial charge in [0.2, 0.25) is 0 Å². The Bertz CT molecular complexity index is 793. The molecule has 0 amide bonds. The second kappa shape index (κ2) is 17.8. The molecular formula is C33H62O4Si2. The molecule has 1 N–H and O–H groups in total. The molecular weight excluding hydrogens is 517 g/mol. The molecule has 1 aliphatic rings. The fourth-order valence-electron chi connectivity index (χ4n) is 5.53. The lowest BCUT2D eigenvalue weighted by Gasteiger charge is -2.39. The zero-order chi connectivity index (χ0) is 29.5. The first-order chi connectivity index (χ1) is 18.3. The third-order valence-electron chi connectivity index (χ3n) is 9.55. The number of allylic oxidation sites excluding steroid dienone is 2. The van der Waals surface area contributed by atoms with Gasteiger partial charge in [-0.15, -0.1) is 5.73 Å². The summed E-state index contributed by atoms with van der Waals surface area (Å²) in [4.78, 5) is 10.8. The molecule has 39 heavy (non-hydrogen) atoms. The van der Waals surface area contributed by atoms with Crippen molar-refractivity contribution >= 4 is 22.6 Å². The molecule has 0 saturated heterocycles. The third-order valence-corrected chi connectivity index (χ3v) is 18.7. The molecule has 0 fully saturated rings. The Morgan fingerprint density at radius 3 is 2.33 bits per heavy atom. The number of aliphatic carboxylic acids is 1. The molecule has 4 nitrogen and oxygen atoms in total. The smallest absolute Gasteiger partial charge is 0.307 e. The molecule has 0 aromatic heterocycles. The highest BCUT2D eigenvalue weighted by Gasteiger charge is 2.39. The van der Waals surface area contributed by atoms with Crippen LogP contribution >= 0.6 is 0 Å². The highest BCUT2D eigenvalue weighted by Crippen LogP contribution is 2.41. The molecule has 0 heterocycles. The van der Waals surface area contributed by atoms with Crippen molar-refractivity contribution in [2.24, 2.45) is 11.8 Å². The summed E-state index contributed by atoms with van der Waals surface area (Å²) in [6, 6.07) is 3.58. The number of hydrogen-bond acceptors (Lipinski definition) is 3. The van der Waals surface area contributed by atoms with E-state index in [0.717, 1.165) is 38.7 Å². The van der Waals surface area contributed by atoms with Crippen molar-refractivity contribution in [2.75, 3.05) is 6.61 Å². The monoisotopic (exact) mass is 578 g/mol. The van der Waals surface area contributed by atoms with Crippen LogP contribution in [0.1, 0.15) is 113 Å². The Labute approximate surface area is 244 Å². The maximum Gasteiger partial charge on any atom is 0.307 e. The van der Waals surface area contributed by atoms with E-state index in [1.807, 2.05) is 6.08 Å². The zero-order valence-electron chi connectivity index (χ0n) is 27.0. The first-order valence-corrected chi connectivity index (χ1v) is 21.4. The molecule has 0 saturated carbocycles. The van der Waals surface area contributed by atoms with E-state index >= 15 is 0 Å². The molecule has 3 atom stereocenters. The van der Waals surface area contributed by atoms with E-state index in [2.05, 4.69) is 73.4 Å². The first kappa shape index (κ1) is 36.1. The Kier molecular flexibility index (Phi) is 16.5. The van der Waals surface area contributed by atoms with Crippen LogP contribution in [0.5, 0.6) is 0 Å². The standard InChI is InChI=1S/C33H62O4Si2/c1-10-14-17-20-30(37-38(8,9)33(5,6)7)26-25-28-23-24-29(27-36-39(11-2,12-3)13-4)31(28)21-18-15-16-19-22-32(34)35/h15,19,23,29-31H,10-14,17-18,20-22,24-27H2,1-9H3,(H,34,35)/t16?,29-,30+,31+/m1/s1. The molecule has 0 aromatic rings. The summed E-state index contributed by atoms with van der Waals surface area (Å²) in [6.07, 6.45) is 16.8. The minimum Gasteiger partial charge on any atom is -0.481 e. The quantitative estimate of drug-likeness (QED) is 0.0675. The van der Waals surface area contributed by atoms with E-state index in [0.29, 0.717) is 17.9 Å². The van der Waals surface area contributed by atoms with Gasteiger partial charge in [0, 0.05) is 12.7 Å². The molecule has 1 aliphatic carbocycles. The first-order valence-electron chi connectivity index (χ1n) is 16.0. The molecule has 0 aromatic carbocycles. The number of hydrogen-bond donors (Lipinski definition) is 1. The van der Waals surface area contributed by atoms with Crippen molar-refractivity contribution in [3.63, 3.8) is 0 Å². The van der Waals surface area contributed by atoms with Crippen molar-refractivity contribution in [1.29, 1.82) is 0 Å². The molecule has 0 radical (unpaired) electrons. The summed E-state index contributed by atoms with van der Waals surface area (Å²) < 4.78 is 13.8. The molecule has 6 heteroatoms.